The summed E-state index contributed by atoms with van der Waals surface area (Å²) in [5, 5.41) is 11.5. The number of ether oxygens (including phenoxy) is 1. The molecule has 0 unspecified atom stereocenters. The molecule has 2 aromatic carbocycles. The van der Waals surface area contributed by atoms with Crippen LogP contribution in [0.2, 0.25) is 0 Å². The van der Waals surface area contributed by atoms with E-state index in [4.69, 9.17) is 9.94 Å². The monoisotopic (exact) mass is 213 g/mol. The number of hydrogen-bond donors (Lipinski definition) is 1. The van der Waals surface area contributed by atoms with Crippen molar-refractivity contribution >= 4 is 6.21 Å². The Morgan fingerprint density at radius 2 is 1.62 bits per heavy atom. The second-order valence-electron chi connectivity index (χ2n) is 3.20. The highest BCUT2D eigenvalue weighted by molar-refractivity contribution is 5.83. The van der Waals surface area contributed by atoms with Crippen LogP contribution in [0.1, 0.15) is 5.56 Å². The zero-order valence-electron chi connectivity index (χ0n) is 8.58. The average Bonchev–Trinajstić information content (AvgIpc) is 2.33. The molecule has 0 heterocycles. The maximum atomic E-state index is 8.52. The van der Waals surface area contributed by atoms with Gasteiger partial charge < -0.3 is 9.94 Å². The molecule has 0 amide bonds. The summed E-state index contributed by atoms with van der Waals surface area (Å²) in [5.74, 6) is 1.41. The van der Waals surface area contributed by atoms with Gasteiger partial charge in [0.25, 0.3) is 0 Å². The Balaban J connectivity index is 2.28. The lowest BCUT2D eigenvalue weighted by atomic mass is 10.2. The van der Waals surface area contributed by atoms with Gasteiger partial charge in [0.05, 0.1) is 6.21 Å². The van der Waals surface area contributed by atoms with Crippen molar-refractivity contribution < 1.29 is 9.94 Å². The van der Waals surface area contributed by atoms with Crippen molar-refractivity contribution in [2.24, 2.45) is 5.16 Å². The molecule has 0 aromatic heterocycles. The summed E-state index contributed by atoms with van der Waals surface area (Å²) >= 11 is 0. The lowest BCUT2D eigenvalue weighted by Crippen LogP contribution is -1.90. The minimum Gasteiger partial charge on any atom is -0.457 e. The second-order valence-corrected chi connectivity index (χ2v) is 3.20. The maximum Gasteiger partial charge on any atom is 0.136 e. The summed E-state index contributed by atoms with van der Waals surface area (Å²) in [6.45, 7) is 0. The Kier molecular flexibility index (Phi) is 3.18. The van der Waals surface area contributed by atoms with Gasteiger partial charge in [-0.05, 0) is 24.3 Å². The van der Waals surface area contributed by atoms with Gasteiger partial charge in [-0.1, -0.05) is 35.5 Å². The van der Waals surface area contributed by atoms with Gasteiger partial charge in [0.15, 0.2) is 0 Å². The highest BCUT2D eigenvalue weighted by atomic mass is 16.5. The summed E-state index contributed by atoms with van der Waals surface area (Å²) < 4.78 is 5.66. The molecule has 0 fully saturated rings. The third-order valence-electron chi connectivity index (χ3n) is 2.09. The van der Waals surface area contributed by atoms with Crippen LogP contribution in [-0.4, -0.2) is 11.4 Å². The summed E-state index contributed by atoms with van der Waals surface area (Å²) in [7, 11) is 0. The molecule has 2 rings (SSSR count). The van der Waals surface area contributed by atoms with Crippen LogP contribution in [0.3, 0.4) is 0 Å². The number of hydrogen-bond acceptors (Lipinski definition) is 3. The number of benzene rings is 2. The fourth-order valence-electron chi connectivity index (χ4n) is 1.36. The van der Waals surface area contributed by atoms with E-state index >= 15 is 0 Å². The zero-order chi connectivity index (χ0) is 11.2. The molecule has 2 aromatic rings. The molecule has 0 saturated heterocycles. The van der Waals surface area contributed by atoms with Crippen LogP contribution >= 0.6 is 0 Å². The molecule has 0 aliphatic rings. The number of oxime groups is 1. The van der Waals surface area contributed by atoms with E-state index < -0.39 is 0 Å². The average molecular weight is 213 g/mol. The van der Waals surface area contributed by atoms with Crippen LogP contribution in [0.15, 0.2) is 59.8 Å². The predicted molar refractivity (Wildman–Crippen MR) is 62.3 cm³/mol. The summed E-state index contributed by atoms with van der Waals surface area (Å²) in [4.78, 5) is 0. The zero-order valence-corrected chi connectivity index (χ0v) is 8.58. The highest BCUT2D eigenvalue weighted by Gasteiger charge is 2.01. The van der Waals surface area contributed by atoms with Gasteiger partial charge in [-0.15, -0.1) is 0 Å². The molecule has 80 valence electrons. The maximum absolute atomic E-state index is 8.52. The summed E-state index contributed by atoms with van der Waals surface area (Å²) in [5.41, 5.74) is 0.730. The molecule has 0 saturated carbocycles. The third kappa shape index (κ3) is 2.39. The molecule has 3 nitrogen and oxygen atoms in total. The Labute approximate surface area is 93.6 Å². The number of nitrogens with zero attached hydrogens (tertiary/aromatic N) is 1. The van der Waals surface area contributed by atoms with Crippen LogP contribution < -0.4 is 4.74 Å². The van der Waals surface area contributed by atoms with Gasteiger partial charge in [0.2, 0.25) is 0 Å². The van der Waals surface area contributed by atoms with Crippen molar-refractivity contribution in [2.45, 2.75) is 0 Å². The molecular formula is C13H11NO2. The number of para-hydroxylation sites is 2. The van der Waals surface area contributed by atoms with Crippen LogP contribution in [-0.2, 0) is 0 Å². The van der Waals surface area contributed by atoms with E-state index in [1.165, 1.54) is 6.21 Å². The van der Waals surface area contributed by atoms with Crippen molar-refractivity contribution in [2.75, 3.05) is 0 Å². The number of rotatable bonds is 3. The van der Waals surface area contributed by atoms with Crippen molar-refractivity contribution in [3.63, 3.8) is 0 Å². The minimum atomic E-state index is 0.659. The molecule has 0 radical (unpaired) electrons. The van der Waals surface area contributed by atoms with Gasteiger partial charge in [0, 0.05) is 5.56 Å². The Hall–Kier alpha value is -2.29. The van der Waals surface area contributed by atoms with Gasteiger partial charge in [-0.3, -0.25) is 0 Å². The molecule has 0 bridgehead atoms. The lowest BCUT2D eigenvalue weighted by molar-refractivity contribution is 0.321. The Morgan fingerprint density at radius 3 is 2.38 bits per heavy atom. The van der Waals surface area contributed by atoms with Crippen molar-refractivity contribution in [1.82, 2.24) is 0 Å². The summed E-state index contributed by atoms with van der Waals surface area (Å²) in [6.07, 6.45) is 1.35. The molecule has 0 spiro atoms. The molecule has 1 N–H and O–H groups in total. The van der Waals surface area contributed by atoms with Gasteiger partial charge >= 0.3 is 0 Å². The fraction of sp³-hybridized carbons (Fsp3) is 0. The van der Waals surface area contributed by atoms with Crippen molar-refractivity contribution in [1.29, 1.82) is 0 Å². The third-order valence-corrected chi connectivity index (χ3v) is 2.09. The first-order valence-corrected chi connectivity index (χ1v) is 4.89. The van der Waals surface area contributed by atoms with Crippen LogP contribution in [0.4, 0.5) is 0 Å². The van der Waals surface area contributed by atoms with E-state index in [-0.39, 0.29) is 0 Å². The van der Waals surface area contributed by atoms with Gasteiger partial charge in [-0.2, -0.15) is 0 Å². The lowest BCUT2D eigenvalue weighted by Gasteiger charge is -2.07. The summed E-state index contributed by atoms with van der Waals surface area (Å²) in [6, 6.07) is 16.8. The van der Waals surface area contributed by atoms with Crippen molar-refractivity contribution in [3.05, 3.63) is 60.2 Å². The molecular weight excluding hydrogens is 202 g/mol. The molecule has 3 heteroatoms. The standard InChI is InChI=1S/C13H11NO2/c15-14-10-11-6-4-5-9-13(11)16-12-7-2-1-3-8-12/h1-10,15H/b14-10+. The molecule has 0 atom stereocenters. The van der Waals surface area contributed by atoms with E-state index in [0.29, 0.717) is 5.75 Å². The van der Waals surface area contributed by atoms with Crippen LogP contribution in [0, 0.1) is 0 Å². The topological polar surface area (TPSA) is 41.8 Å². The highest BCUT2D eigenvalue weighted by Crippen LogP contribution is 2.23. The first kappa shape index (κ1) is 10.2. The first-order chi connectivity index (χ1) is 7.90. The van der Waals surface area contributed by atoms with Crippen LogP contribution in [0.5, 0.6) is 11.5 Å². The fourth-order valence-corrected chi connectivity index (χ4v) is 1.36. The van der Waals surface area contributed by atoms with E-state index in [1.54, 1.807) is 0 Å². The minimum absolute atomic E-state index is 0.659. The van der Waals surface area contributed by atoms with Gasteiger partial charge in [0.1, 0.15) is 11.5 Å². The first-order valence-electron chi connectivity index (χ1n) is 4.89. The predicted octanol–water partition coefficient (Wildman–Crippen LogP) is 3.29. The normalized spacial score (nSPS) is 10.5. The van der Waals surface area contributed by atoms with Crippen LogP contribution in [0.25, 0.3) is 0 Å². The SMILES string of the molecule is O/N=C/c1ccccc1Oc1ccccc1. The van der Waals surface area contributed by atoms with E-state index in [1.807, 2.05) is 54.6 Å². The largest absolute Gasteiger partial charge is 0.457 e. The second kappa shape index (κ2) is 4.98. The van der Waals surface area contributed by atoms with E-state index in [2.05, 4.69) is 5.16 Å². The van der Waals surface area contributed by atoms with E-state index in [9.17, 15) is 0 Å². The quantitative estimate of drug-likeness (QED) is 0.483. The Bertz CT molecular complexity index is 480. The molecule has 16 heavy (non-hydrogen) atoms. The Morgan fingerprint density at radius 1 is 0.938 bits per heavy atom. The molecule has 0 aliphatic heterocycles. The van der Waals surface area contributed by atoms with Gasteiger partial charge in [-0.25, -0.2) is 0 Å². The van der Waals surface area contributed by atoms with E-state index in [0.717, 1.165) is 11.3 Å². The molecule has 0 aliphatic carbocycles. The smallest absolute Gasteiger partial charge is 0.136 e. The van der Waals surface area contributed by atoms with Crippen molar-refractivity contribution in [3.8, 4) is 11.5 Å².